The zero-order chi connectivity index (χ0) is 22.5. The van der Waals surface area contributed by atoms with Crippen LogP contribution in [0.25, 0.3) is 11.3 Å². The van der Waals surface area contributed by atoms with Crippen molar-refractivity contribution in [1.29, 1.82) is 0 Å². The lowest BCUT2D eigenvalue weighted by molar-refractivity contribution is -0.118. The third-order valence-electron chi connectivity index (χ3n) is 5.32. The first-order valence-electron chi connectivity index (χ1n) is 10.3. The average Bonchev–Trinajstić information content (AvgIpc) is 2.77. The molecule has 3 rings (SSSR count). The van der Waals surface area contributed by atoms with E-state index in [1.54, 1.807) is 30.3 Å². The highest BCUT2D eigenvalue weighted by molar-refractivity contribution is 6.34. The lowest BCUT2D eigenvalue weighted by atomic mass is 10.0. The zero-order valence-corrected chi connectivity index (χ0v) is 19.0. The van der Waals surface area contributed by atoms with Gasteiger partial charge in [-0.2, -0.15) is 0 Å². The Hall–Kier alpha value is -3.05. The molecule has 3 aromatic rings. The fourth-order valence-electron chi connectivity index (χ4n) is 3.41. The third-order valence-corrected chi connectivity index (χ3v) is 5.63. The Morgan fingerprint density at radius 2 is 1.84 bits per heavy atom. The molecule has 0 N–H and O–H groups in total. The van der Waals surface area contributed by atoms with Crippen LogP contribution < -0.4 is 4.90 Å². The molecule has 31 heavy (non-hydrogen) atoms. The number of benzene rings is 1. The Labute approximate surface area is 188 Å². The van der Waals surface area contributed by atoms with E-state index in [2.05, 4.69) is 9.97 Å². The van der Waals surface area contributed by atoms with Crippen LogP contribution in [0, 0.1) is 13.8 Å². The van der Waals surface area contributed by atoms with Gasteiger partial charge in [-0.25, -0.2) is 0 Å². The highest BCUT2D eigenvalue weighted by Crippen LogP contribution is 2.30. The normalized spacial score (nSPS) is 10.7. The number of carbonyl (C=O) groups excluding carboxylic acids is 2. The largest absolute Gasteiger partial charge is 0.314 e. The number of anilines is 1. The number of aromatic nitrogens is 2. The SMILES string of the molecule is CCC(=O)N(C)c1ccc(-c2ccc(C(=O)CCc3ccc(C)nc3C)cn2)cc1Cl. The molecule has 0 aliphatic carbocycles. The molecule has 0 unspecified atom stereocenters. The van der Waals surface area contributed by atoms with Gasteiger partial charge < -0.3 is 4.90 Å². The molecule has 0 aliphatic heterocycles. The Bertz CT molecular complexity index is 1110. The number of Topliss-reactive ketones (excluding diaryl/α,β-unsaturated/α-hetero) is 1. The van der Waals surface area contributed by atoms with Gasteiger partial charge in [0, 0.05) is 48.6 Å². The highest BCUT2D eigenvalue weighted by Gasteiger charge is 2.14. The van der Waals surface area contributed by atoms with Crippen molar-refractivity contribution in [2.75, 3.05) is 11.9 Å². The topological polar surface area (TPSA) is 63.2 Å². The van der Waals surface area contributed by atoms with E-state index in [-0.39, 0.29) is 11.7 Å². The van der Waals surface area contributed by atoms with Gasteiger partial charge in [0.25, 0.3) is 0 Å². The van der Waals surface area contributed by atoms with Crippen LogP contribution >= 0.6 is 11.6 Å². The Balaban J connectivity index is 1.70. The molecule has 2 aromatic heterocycles. The monoisotopic (exact) mass is 435 g/mol. The lowest BCUT2D eigenvalue weighted by Crippen LogP contribution is -2.25. The second-order valence-corrected chi connectivity index (χ2v) is 7.93. The fourth-order valence-corrected chi connectivity index (χ4v) is 3.72. The minimum atomic E-state index is -0.00717. The number of pyridine rings is 2. The summed E-state index contributed by atoms with van der Waals surface area (Å²) >= 11 is 6.40. The van der Waals surface area contributed by atoms with Gasteiger partial charge in [0.15, 0.2) is 5.78 Å². The van der Waals surface area contributed by atoms with Gasteiger partial charge in [-0.1, -0.05) is 30.7 Å². The first kappa shape index (κ1) is 22.6. The van der Waals surface area contributed by atoms with Gasteiger partial charge >= 0.3 is 0 Å². The number of aryl methyl sites for hydroxylation is 3. The quantitative estimate of drug-likeness (QED) is 0.453. The summed E-state index contributed by atoms with van der Waals surface area (Å²) in [6, 6.07) is 13.1. The van der Waals surface area contributed by atoms with E-state index in [9.17, 15) is 9.59 Å². The van der Waals surface area contributed by atoms with Crippen LogP contribution in [-0.4, -0.2) is 28.7 Å². The van der Waals surface area contributed by atoms with Crippen LogP contribution in [0.1, 0.15) is 47.1 Å². The van der Waals surface area contributed by atoms with Crippen molar-refractivity contribution in [3.63, 3.8) is 0 Å². The summed E-state index contributed by atoms with van der Waals surface area (Å²) in [5, 5.41) is 0.478. The number of ketones is 1. The summed E-state index contributed by atoms with van der Waals surface area (Å²) in [6.07, 6.45) is 3.07. The first-order valence-corrected chi connectivity index (χ1v) is 10.7. The second-order valence-electron chi connectivity index (χ2n) is 7.52. The molecule has 0 fully saturated rings. The predicted octanol–water partition coefficient (Wildman–Crippen LogP) is 5.60. The number of carbonyl (C=O) groups is 2. The van der Waals surface area contributed by atoms with Crippen LogP contribution in [0.3, 0.4) is 0 Å². The highest BCUT2D eigenvalue weighted by atomic mass is 35.5. The summed E-state index contributed by atoms with van der Waals surface area (Å²) < 4.78 is 0. The third kappa shape index (κ3) is 5.36. The summed E-state index contributed by atoms with van der Waals surface area (Å²) in [7, 11) is 1.71. The van der Waals surface area contributed by atoms with Crippen molar-refractivity contribution < 1.29 is 9.59 Å². The first-order chi connectivity index (χ1) is 14.8. The zero-order valence-electron chi connectivity index (χ0n) is 18.3. The van der Waals surface area contributed by atoms with E-state index in [1.165, 1.54) is 0 Å². The standard InChI is InChI=1S/C25H26ClN3O2/c1-5-25(31)29(4)23-12-9-19(14-21(23)26)22-11-8-20(15-27-22)24(30)13-10-18-7-6-16(2)28-17(18)3/h6-9,11-12,14-15H,5,10,13H2,1-4H3. The minimum absolute atomic E-state index is 0.00717. The summed E-state index contributed by atoms with van der Waals surface area (Å²) in [5.74, 6) is 0.0411. The van der Waals surface area contributed by atoms with Crippen LogP contribution in [0.15, 0.2) is 48.7 Å². The molecule has 0 saturated carbocycles. The van der Waals surface area contributed by atoms with Gasteiger partial charge in [-0.15, -0.1) is 0 Å². The molecule has 0 aliphatic rings. The molecular formula is C25H26ClN3O2. The van der Waals surface area contributed by atoms with Crippen LogP contribution in [0.5, 0.6) is 0 Å². The maximum Gasteiger partial charge on any atom is 0.226 e. The Morgan fingerprint density at radius 1 is 1.06 bits per heavy atom. The van der Waals surface area contributed by atoms with Crippen molar-refractivity contribution in [2.24, 2.45) is 0 Å². The summed E-state index contributed by atoms with van der Waals surface area (Å²) in [6.45, 7) is 5.74. The fraction of sp³-hybridized carbons (Fsp3) is 0.280. The van der Waals surface area contributed by atoms with Crippen LogP contribution in [0.4, 0.5) is 5.69 Å². The summed E-state index contributed by atoms with van der Waals surface area (Å²) in [5.41, 5.74) is 5.81. The van der Waals surface area contributed by atoms with Gasteiger partial charge in [0.1, 0.15) is 0 Å². The van der Waals surface area contributed by atoms with Crippen molar-refractivity contribution in [3.8, 4) is 11.3 Å². The van der Waals surface area contributed by atoms with E-state index < -0.39 is 0 Å². The molecule has 6 heteroatoms. The van der Waals surface area contributed by atoms with E-state index in [0.717, 1.165) is 22.5 Å². The number of halogens is 1. The van der Waals surface area contributed by atoms with Gasteiger partial charge in [-0.3, -0.25) is 19.6 Å². The second kappa shape index (κ2) is 9.84. The van der Waals surface area contributed by atoms with Crippen molar-refractivity contribution in [1.82, 2.24) is 9.97 Å². The Morgan fingerprint density at radius 3 is 2.45 bits per heavy atom. The maximum absolute atomic E-state index is 12.6. The van der Waals surface area contributed by atoms with Gasteiger partial charge in [0.05, 0.1) is 16.4 Å². The Kier molecular flexibility index (Phi) is 7.18. The minimum Gasteiger partial charge on any atom is -0.314 e. The summed E-state index contributed by atoms with van der Waals surface area (Å²) in [4.78, 5) is 35.0. The van der Waals surface area contributed by atoms with Crippen molar-refractivity contribution >= 4 is 29.0 Å². The molecule has 2 heterocycles. The molecular weight excluding hydrogens is 410 g/mol. The van der Waals surface area contributed by atoms with Gasteiger partial charge in [-0.05, 0) is 56.2 Å². The van der Waals surface area contributed by atoms with E-state index in [0.29, 0.717) is 41.2 Å². The smallest absolute Gasteiger partial charge is 0.226 e. The van der Waals surface area contributed by atoms with Crippen molar-refractivity contribution in [2.45, 2.75) is 40.0 Å². The van der Waals surface area contributed by atoms with Gasteiger partial charge in [0.2, 0.25) is 5.91 Å². The molecule has 0 spiro atoms. The number of nitrogens with zero attached hydrogens (tertiary/aromatic N) is 3. The number of hydrogen-bond acceptors (Lipinski definition) is 4. The molecule has 0 saturated heterocycles. The molecule has 0 radical (unpaired) electrons. The molecule has 0 bridgehead atoms. The molecule has 160 valence electrons. The van der Waals surface area contributed by atoms with E-state index in [1.807, 2.05) is 51.1 Å². The average molecular weight is 436 g/mol. The van der Waals surface area contributed by atoms with Crippen LogP contribution in [-0.2, 0) is 11.2 Å². The maximum atomic E-state index is 12.6. The van der Waals surface area contributed by atoms with Crippen LogP contribution in [0.2, 0.25) is 5.02 Å². The molecule has 1 amide bonds. The number of amides is 1. The molecule has 5 nitrogen and oxygen atoms in total. The number of hydrogen-bond donors (Lipinski definition) is 0. The molecule has 0 atom stereocenters. The van der Waals surface area contributed by atoms with Crippen molar-refractivity contribution in [3.05, 3.63) is 76.2 Å². The predicted molar refractivity (Wildman–Crippen MR) is 125 cm³/mol. The molecule has 1 aromatic carbocycles. The lowest BCUT2D eigenvalue weighted by Gasteiger charge is -2.18. The van der Waals surface area contributed by atoms with E-state index >= 15 is 0 Å². The number of rotatable bonds is 7. The van der Waals surface area contributed by atoms with E-state index in [4.69, 9.17) is 11.6 Å².